The van der Waals surface area contributed by atoms with Gasteiger partial charge in [0.25, 0.3) is 10.1 Å². The largest absolute Gasteiger partial charge is 0.382 e. The van der Waals surface area contributed by atoms with Gasteiger partial charge in [-0.1, -0.05) is 0 Å². The van der Waals surface area contributed by atoms with Crippen molar-refractivity contribution in [1.29, 1.82) is 0 Å². The van der Waals surface area contributed by atoms with Gasteiger partial charge in [0.1, 0.15) is 0 Å². The molecule has 0 aromatic rings. The van der Waals surface area contributed by atoms with E-state index < -0.39 is 10.1 Å². The molecule has 0 unspecified atom stereocenters. The van der Waals surface area contributed by atoms with Crippen LogP contribution in [-0.4, -0.2) is 72.1 Å². The predicted molar refractivity (Wildman–Crippen MR) is 65.4 cm³/mol. The van der Waals surface area contributed by atoms with E-state index in [4.69, 9.17) is 23.5 Å². The van der Waals surface area contributed by atoms with Gasteiger partial charge in [-0.3, -0.25) is 4.55 Å². The van der Waals surface area contributed by atoms with Crippen molar-refractivity contribution in [3.05, 3.63) is 0 Å². The molecule has 7 nitrogen and oxygen atoms in total. The fourth-order valence-corrected chi connectivity index (χ4v) is 1.51. The highest BCUT2D eigenvalue weighted by Crippen LogP contribution is 1.90. The van der Waals surface area contributed by atoms with Crippen LogP contribution in [0.25, 0.3) is 0 Å². The number of hydrogen-bond donors (Lipinski definition) is 1. The van der Waals surface area contributed by atoms with Gasteiger partial charge in [-0.25, -0.2) is 0 Å². The third-order valence-electron chi connectivity index (χ3n) is 1.87. The second-order valence-corrected chi connectivity index (χ2v) is 5.04. The molecule has 0 aliphatic heterocycles. The maximum Gasteiger partial charge on any atom is 0.264 e. The molecule has 0 spiro atoms. The van der Waals surface area contributed by atoms with Crippen molar-refractivity contribution in [2.24, 2.45) is 0 Å². The lowest BCUT2D eigenvalue weighted by Gasteiger charge is -2.06. The van der Waals surface area contributed by atoms with E-state index in [2.05, 4.69) is 0 Å². The summed E-state index contributed by atoms with van der Waals surface area (Å²) in [5, 5.41) is 0. The summed E-state index contributed by atoms with van der Waals surface area (Å²) in [6.07, 6.45) is 0.277. The Morgan fingerprint density at radius 2 is 1.28 bits per heavy atom. The Bertz CT molecular complexity index is 265. The van der Waals surface area contributed by atoms with Crippen molar-refractivity contribution in [2.75, 3.05) is 59.1 Å². The average Bonchev–Trinajstić information content (AvgIpc) is 2.29. The van der Waals surface area contributed by atoms with Crippen LogP contribution in [0.2, 0.25) is 0 Å². The van der Waals surface area contributed by atoms with Crippen molar-refractivity contribution in [3.63, 3.8) is 0 Å². The van der Waals surface area contributed by atoms with E-state index in [1.165, 1.54) is 0 Å². The molecule has 0 aliphatic rings. The molecule has 110 valence electrons. The molecule has 0 atom stereocenters. The molecular weight excluding hydrogens is 264 g/mol. The quantitative estimate of drug-likeness (QED) is 0.375. The fourth-order valence-electron chi connectivity index (χ4n) is 1.03. The predicted octanol–water partition coefficient (Wildman–Crippen LogP) is -0.0395. The second-order valence-electron chi connectivity index (χ2n) is 3.47. The molecule has 0 radical (unpaired) electrons. The minimum absolute atomic E-state index is 0.277. The third kappa shape index (κ3) is 15.8. The van der Waals surface area contributed by atoms with Crippen LogP contribution in [0.5, 0.6) is 0 Å². The van der Waals surface area contributed by atoms with E-state index >= 15 is 0 Å². The summed E-state index contributed by atoms with van der Waals surface area (Å²) in [7, 11) is -2.26. The van der Waals surface area contributed by atoms with E-state index in [-0.39, 0.29) is 18.8 Å². The molecule has 0 saturated carbocycles. The smallest absolute Gasteiger partial charge is 0.264 e. The molecule has 8 heteroatoms. The lowest BCUT2D eigenvalue weighted by molar-refractivity contribution is 0.00381. The number of rotatable bonds is 13. The molecule has 0 aromatic carbocycles. The Hall–Kier alpha value is -0.250. The maximum atomic E-state index is 10.4. The van der Waals surface area contributed by atoms with Gasteiger partial charge in [0.05, 0.1) is 45.4 Å². The van der Waals surface area contributed by atoms with Gasteiger partial charge < -0.3 is 18.9 Å². The summed E-state index contributed by atoms with van der Waals surface area (Å²) in [5.74, 6) is -0.277. The minimum Gasteiger partial charge on any atom is -0.382 e. The first-order valence-corrected chi connectivity index (χ1v) is 7.34. The highest BCUT2D eigenvalue weighted by atomic mass is 32.2. The monoisotopic (exact) mass is 286 g/mol. The van der Waals surface area contributed by atoms with E-state index in [0.717, 1.165) is 0 Å². The Morgan fingerprint density at radius 1 is 0.833 bits per heavy atom. The Kier molecular flexibility index (Phi) is 11.7. The number of methoxy groups -OCH3 is 1. The molecule has 0 saturated heterocycles. The van der Waals surface area contributed by atoms with Crippen LogP contribution in [0.15, 0.2) is 0 Å². The lowest BCUT2D eigenvalue weighted by Crippen LogP contribution is -2.12. The average molecular weight is 286 g/mol. The summed E-state index contributed by atoms with van der Waals surface area (Å²) in [6, 6.07) is 0. The fraction of sp³-hybridized carbons (Fsp3) is 1.00. The van der Waals surface area contributed by atoms with Crippen LogP contribution < -0.4 is 0 Å². The molecule has 0 fully saturated rings. The molecule has 1 N–H and O–H groups in total. The minimum atomic E-state index is -3.87. The van der Waals surface area contributed by atoms with Crippen LogP contribution >= 0.6 is 0 Å². The normalized spacial score (nSPS) is 11.9. The van der Waals surface area contributed by atoms with Crippen molar-refractivity contribution in [1.82, 2.24) is 0 Å². The van der Waals surface area contributed by atoms with Crippen molar-refractivity contribution >= 4 is 10.1 Å². The van der Waals surface area contributed by atoms with Gasteiger partial charge in [0, 0.05) is 13.7 Å². The Balaban J connectivity index is 3.03. The maximum absolute atomic E-state index is 10.4. The van der Waals surface area contributed by atoms with Gasteiger partial charge in [-0.05, 0) is 6.42 Å². The van der Waals surface area contributed by atoms with E-state index in [0.29, 0.717) is 39.6 Å². The van der Waals surface area contributed by atoms with Gasteiger partial charge in [-0.2, -0.15) is 8.42 Å². The zero-order valence-electron chi connectivity index (χ0n) is 10.7. The van der Waals surface area contributed by atoms with Crippen LogP contribution in [0.1, 0.15) is 6.42 Å². The highest BCUT2D eigenvalue weighted by molar-refractivity contribution is 7.85. The first kappa shape index (κ1) is 17.8. The summed E-state index contributed by atoms with van der Waals surface area (Å²) in [6.45, 7) is 3.21. The van der Waals surface area contributed by atoms with Gasteiger partial charge >= 0.3 is 0 Å². The summed E-state index contributed by atoms with van der Waals surface area (Å²) in [5.41, 5.74) is 0. The number of hydrogen-bond acceptors (Lipinski definition) is 6. The van der Waals surface area contributed by atoms with Gasteiger partial charge in [0.15, 0.2) is 0 Å². The topological polar surface area (TPSA) is 91.3 Å². The summed E-state index contributed by atoms with van der Waals surface area (Å²) >= 11 is 0. The number of ether oxygens (including phenoxy) is 4. The Labute approximate surface area is 108 Å². The van der Waals surface area contributed by atoms with Crippen LogP contribution in [0.3, 0.4) is 0 Å². The molecule has 0 aromatic heterocycles. The molecule has 0 rings (SSSR count). The molecule has 0 aliphatic carbocycles. The first-order chi connectivity index (χ1) is 8.56. The van der Waals surface area contributed by atoms with Crippen molar-refractivity contribution < 1.29 is 31.9 Å². The highest BCUT2D eigenvalue weighted by Gasteiger charge is 2.02. The van der Waals surface area contributed by atoms with E-state index in [1.807, 2.05) is 0 Å². The van der Waals surface area contributed by atoms with Crippen LogP contribution in [0, 0.1) is 0 Å². The summed E-state index contributed by atoms with van der Waals surface area (Å²) in [4.78, 5) is 0. The molecule has 0 heterocycles. The van der Waals surface area contributed by atoms with Gasteiger partial charge in [-0.15, -0.1) is 0 Å². The van der Waals surface area contributed by atoms with Crippen molar-refractivity contribution in [3.8, 4) is 0 Å². The molecular formula is C10H22O7S. The molecule has 0 bridgehead atoms. The summed E-state index contributed by atoms with van der Waals surface area (Å²) < 4.78 is 49.5. The van der Waals surface area contributed by atoms with E-state index in [9.17, 15) is 8.42 Å². The standard InChI is InChI=1S/C10H22O7S/c1-14-4-5-16-8-9-17-7-6-15-3-2-10-18(11,12)13/h2-10H2,1H3,(H,11,12,13). The third-order valence-corrected chi connectivity index (χ3v) is 2.67. The lowest BCUT2D eigenvalue weighted by atomic mass is 10.5. The zero-order valence-corrected chi connectivity index (χ0v) is 11.5. The SMILES string of the molecule is COCCOCCOCCOCCCS(=O)(=O)O. The first-order valence-electron chi connectivity index (χ1n) is 5.73. The molecule has 0 amide bonds. The zero-order chi connectivity index (χ0) is 13.7. The van der Waals surface area contributed by atoms with Crippen LogP contribution in [0.4, 0.5) is 0 Å². The van der Waals surface area contributed by atoms with E-state index in [1.54, 1.807) is 7.11 Å². The Morgan fingerprint density at radius 3 is 1.72 bits per heavy atom. The van der Waals surface area contributed by atoms with Crippen molar-refractivity contribution in [2.45, 2.75) is 6.42 Å². The van der Waals surface area contributed by atoms with Crippen LogP contribution in [-0.2, 0) is 29.1 Å². The second kappa shape index (κ2) is 11.8. The molecule has 18 heavy (non-hydrogen) atoms. The van der Waals surface area contributed by atoms with Gasteiger partial charge in [0.2, 0.25) is 0 Å².